The van der Waals surface area contributed by atoms with E-state index in [0.29, 0.717) is 0 Å². The fraction of sp³-hybridized carbons (Fsp3) is 0.600. The number of allylic oxidation sites excluding steroid dienone is 2. The summed E-state index contributed by atoms with van der Waals surface area (Å²) in [4.78, 5) is 0. The minimum absolute atomic E-state index is 0.0752. The van der Waals surface area contributed by atoms with E-state index >= 15 is 0 Å². The van der Waals surface area contributed by atoms with Gasteiger partial charge in [-0.2, -0.15) is 0 Å². The van der Waals surface area contributed by atoms with E-state index in [1.807, 2.05) is 19.9 Å². The lowest BCUT2D eigenvalue weighted by atomic mass is 9.76. The molecule has 2 nitrogen and oxygen atoms in total. The van der Waals surface area contributed by atoms with Gasteiger partial charge < -0.3 is 10.2 Å². The van der Waals surface area contributed by atoms with E-state index in [4.69, 9.17) is 5.11 Å². The molecule has 1 aliphatic rings. The zero-order valence-electron chi connectivity index (χ0n) is 7.62. The summed E-state index contributed by atoms with van der Waals surface area (Å²) in [5.74, 6) is 0. The third-order valence-corrected chi connectivity index (χ3v) is 2.31. The molecule has 2 N–H and O–H groups in total. The van der Waals surface area contributed by atoms with Crippen molar-refractivity contribution in [3.8, 4) is 0 Å². The van der Waals surface area contributed by atoms with Crippen molar-refractivity contribution in [3.05, 3.63) is 23.8 Å². The minimum atomic E-state index is -0.367. The van der Waals surface area contributed by atoms with Crippen LogP contribution in [0.4, 0.5) is 0 Å². The maximum absolute atomic E-state index is 9.55. The molecule has 0 bridgehead atoms. The molecule has 0 saturated heterocycles. The van der Waals surface area contributed by atoms with E-state index in [1.165, 1.54) is 0 Å². The van der Waals surface area contributed by atoms with Crippen LogP contribution in [0.5, 0.6) is 0 Å². The molecule has 0 aliphatic heterocycles. The van der Waals surface area contributed by atoms with E-state index in [0.717, 1.165) is 12.0 Å². The maximum atomic E-state index is 9.55. The van der Waals surface area contributed by atoms with Crippen LogP contribution in [0.25, 0.3) is 0 Å². The van der Waals surface area contributed by atoms with E-state index < -0.39 is 0 Å². The average molecular weight is 168 g/mol. The standard InChI is InChI=1S/C10H16O2/c1-10(2)7-8(5-6-11)3-4-9(10)12/h3-5,9,11-12H,6-7H2,1-2H3/b8-5-. The van der Waals surface area contributed by atoms with Crippen LogP contribution in [0.3, 0.4) is 0 Å². The first-order chi connectivity index (χ1) is 5.56. The highest BCUT2D eigenvalue weighted by Crippen LogP contribution is 2.34. The Labute approximate surface area is 73.2 Å². The van der Waals surface area contributed by atoms with Crippen molar-refractivity contribution in [2.45, 2.75) is 26.4 Å². The number of hydrogen-bond acceptors (Lipinski definition) is 2. The molecule has 1 atom stereocenters. The van der Waals surface area contributed by atoms with Gasteiger partial charge in [-0.15, -0.1) is 0 Å². The number of rotatable bonds is 1. The van der Waals surface area contributed by atoms with Crippen LogP contribution < -0.4 is 0 Å². The Morgan fingerprint density at radius 3 is 2.83 bits per heavy atom. The first kappa shape index (κ1) is 9.49. The second-order valence-electron chi connectivity index (χ2n) is 3.93. The Morgan fingerprint density at radius 1 is 1.67 bits per heavy atom. The third kappa shape index (κ3) is 1.96. The zero-order chi connectivity index (χ0) is 9.19. The molecule has 0 radical (unpaired) electrons. The Hall–Kier alpha value is -0.600. The number of hydrogen-bond donors (Lipinski definition) is 2. The number of aliphatic hydroxyl groups is 2. The van der Waals surface area contributed by atoms with Crippen LogP contribution in [-0.4, -0.2) is 22.9 Å². The summed E-state index contributed by atoms with van der Waals surface area (Å²) < 4.78 is 0. The molecule has 0 spiro atoms. The summed E-state index contributed by atoms with van der Waals surface area (Å²) >= 11 is 0. The lowest BCUT2D eigenvalue weighted by molar-refractivity contribution is 0.0868. The van der Waals surface area contributed by atoms with Crippen LogP contribution >= 0.6 is 0 Å². The molecule has 0 aromatic carbocycles. The molecule has 0 aromatic rings. The van der Waals surface area contributed by atoms with Crippen molar-refractivity contribution >= 4 is 0 Å². The lowest BCUT2D eigenvalue weighted by Gasteiger charge is -2.32. The first-order valence-electron chi connectivity index (χ1n) is 4.22. The van der Waals surface area contributed by atoms with Crippen molar-refractivity contribution in [2.24, 2.45) is 5.41 Å². The molecule has 12 heavy (non-hydrogen) atoms. The summed E-state index contributed by atoms with van der Waals surface area (Å²) in [5, 5.41) is 18.2. The summed E-state index contributed by atoms with van der Waals surface area (Å²) in [5.41, 5.74) is 1.00. The highest BCUT2D eigenvalue weighted by atomic mass is 16.3. The Bertz CT molecular complexity index is 214. The lowest BCUT2D eigenvalue weighted by Crippen LogP contribution is -2.30. The summed E-state index contributed by atoms with van der Waals surface area (Å²) in [7, 11) is 0. The van der Waals surface area contributed by atoms with Gasteiger partial charge >= 0.3 is 0 Å². The smallest absolute Gasteiger partial charge is 0.0778 e. The molecule has 1 unspecified atom stereocenters. The van der Waals surface area contributed by atoms with E-state index in [9.17, 15) is 5.11 Å². The Morgan fingerprint density at radius 2 is 2.33 bits per heavy atom. The highest BCUT2D eigenvalue weighted by Gasteiger charge is 2.29. The van der Waals surface area contributed by atoms with Crippen LogP contribution in [0.1, 0.15) is 20.3 Å². The average Bonchev–Trinajstić information content (AvgIpc) is 1.97. The van der Waals surface area contributed by atoms with Gasteiger partial charge in [0, 0.05) is 0 Å². The molecule has 0 saturated carbocycles. The van der Waals surface area contributed by atoms with Crippen molar-refractivity contribution in [3.63, 3.8) is 0 Å². The molecule has 0 heterocycles. The minimum Gasteiger partial charge on any atom is -0.392 e. The molecule has 2 heteroatoms. The fourth-order valence-corrected chi connectivity index (χ4v) is 1.42. The Balaban J connectivity index is 2.79. The monoisotopic (exact) mass is 168 g/mol. The van der Waals surface area contributed by atoms with Gasteiger partial charge in [0.05, 0.1) is 12.7 Å². The second-order valence-corrected chi connectivity index (χ2v) is 3.93. The van der Waals surface area contributed by atoms with Crippen molar-refractivity contribution in [1.82, 2.24) is 0 Å². The Kier molecular flexibility index (Phi) is 2.70. The molecule has 0 aromatic heterocycles. The predicted octanol–water partition coefficient (Wildman–Crippen LogP) is 1.25. The SMILES string of the molecule is CC1(C)C/C(=C\CO)C=CC1O. The fourth-order valence-electron chi connectivity index (χ4n) is 1.42. The molecular weight excluding hydrogens is 152 g/mol. The van der Waals surface area contributed by atoms with E-state index in [-0.39, 0.29) is 18.1 Å². The van der Waals surface area contributed by atoms with Crippen molar-refractivity contribution in [2.75, 3.05) is 6.61 Å². The van der Waals surface area contributed by atoms with Gasteiger partial charge in [0.1, 0.15) is 0 Å². The molecule has 1 rings (SSSR count). The maximum Gasteiger partial charge on any atom is 0.0778 e. The topological polar surface area (TPSA) is 40.5 Å². The van der Waals surface area contributed by atoms with Crippen LogP contribution in [0.15, 0.2) is 23.8 Å². The zero-order valence-corrected chi connectivity index (χ0v) is 7.62. The second kappa shape index (κ2) is 3.42. The van der Waals surface area contributed by atoms with Gasteiger partial charge in [-0.3, -0.25) is 0 Å². The summed E-state index contributed by atoms with van der Waals surface area (Å²) in [6, 6.07) is 0. The largest absolute Gasteiger partial charge is 0.392 e. The number of aliphatic hydroxyl groups excluding tert-OH is 2. The molecule has 68 valence electrons. The van der Waals surface area contributed by atoms with Gasteiger partial charge in [-0.05, 0) is 17.4 Å². The summed E-state index contributed by atoms with van der Waals surface area (Å²) in [6.07, 6.45) is 5.90. The van der Waals surface area contributed by atoms with Crippen LogP contribution in [0.2, 0.25) is 0 Å². The van der Waals surface area contributed by atoms with Gasteiger partial charge in [0.25, 0.3) is 0 Å². The van der Waals surface area contributed by atoms with Gasteiger partial charge in [-0.1, -0.05) is 32.1 Å². The van der Waals surface area contributed by atoms with E-state index in [1.54, 1.807) is 12.2 Å². The predicted molar refractivity (Wildman–Crippen MR) is 48.7 cm³/mol. The third-order valence-electron chi connectivity index (χ3n) is 2.31. The van der Waals surface area contributed by atoms with Gasteiger partial charge in [0.15, 0.2) is 0 Å². The normalized spacial score (nSPS) is 31.0. The molecule has 0 fully saturated rings. The quantitative estimate of drug-likeness (QED) is 0.618. The van der Waals surface area contributed by atoms with Crippen LogP contribution in [0, 0.1) is 5.41 Å². The van der Waals surface area contributed by atoms with Gasteiger partial charge in [-0.25, -0.2) is 0 Å². The van der Waals surface area contributed by atoms with Crippen LogP contribution in [-0.2, 0) is 0 Å². The highest BCUT2D eigenvalue weighted by molar-refractivity contribution is 5.26. The van der Waals surface area contributed by atoms with Gasteiger partial charge in [0.2, 0.25) is 0 Å². The molecular formula is C10H16O2. The summed E-state index contributed by atoms with van der Waals surface area (Å²) in [6.45, 7) is 4.12. The van der Waals surface area contributed by atoms with Crippen molar-refractivity contribution < 1.29 is 10.2 Å². The van der Waals surface area contributed by atoms with E-state index in [2.05, 4.69) is 0 Å². The van der Waals surface area contributed by atoms with Crippen molar-refractivity contribution in [1.29, 1.82) is 0 Å². The molecule has 1 aliphatic carbocycles. The molecule has 0 amide bonds. The first-order valence-corrected chi connectivity index (χ1v) is 4.22.